The summed E-state index contributed by atoms with van der Waals surface area (Å²) in [7, 11) is 0. The summed E-state index contributed by atoms with van der Waals surface area (Å²) in [5.74, 6) is 1.47. The molecule has 0 aliphatic rings. The molecule has 1 rings (SSSR count). The molecule has 2 atom stereocenters. The van der Waals surface area contributed by atoms with Crippen LogP contribution in [0.5, 0.6) is 0 Å². The number of nitrogens with one attached hydrogen (secondary N) is 1. The number of carbonyl (C=O) groups excluding carboxylic acids is 1. The first kappa shape index (κ1) is 13.7. The van der Waals surface area contributed by atoms with Crippen LogP contribution in [-0.4, -0.2) is 16.9 Å². The predicted octanol–water partition coefficient (Wildman–Crippen LogP) is 1.53. The van der Waals surface area contributed by atoms with E-state index in [2.05, 4.69) is 10.3 Å². The molecule has 5 nitrogen and oxygen atoms in total. The van der Waals surface area contributed by atoms with Crippen molar-refractivity contribution < 1.29 is 9.21 Å². The summed E-state index contributed by atoms with van der Waals surface area (Å²) >= 11 is 0. The maximum atomic E-state index is 11.8. The minimum Gasteiger partial charge on any atom is -0.444 e. The van der Waals surface area contributed by atoms with Crippen LogP contribution in [0.1, 0.15) is 44.9 Å². The van der Waals surface area contributed by atoms with Crippen LogP contribution < -0.4 is 11.1 Å². The van der Waals surface area contributed by atoms with Crippen molar-refractivity contribution >= 4 is 5.91 Å². The van der Waals surface area contributed by atoms with Crippen LogP contribution in [0.4, 0.5) is 0 Å². The summed E-state index contributed by atoms with van der Waals surface area (Å²) in [6, 6.07) is -0.733. The van der Waals surface area contributed by atoms with Gasteiger partial charge in [0.1, 0.15) is 11.8 Å². The van der Waals surface area contributed by atoms with Crippen LogP contribution in [0.25, 0.3) is 0 Å². The van der Waals surface area contributed by atoms with Crippen molar-refractivity contribution in [1.82, 2.24) is 10.3 Å². The predicted molar refractivity (Wildman–Crippen MR) is 65.2 cm³/mol. The van der Waals surface area contributed by atoms with Gasteiger partial charge in [0.25, 0.3) is 0 Å². The molecule has 0 spiro atoms. The molecule has 0 fully saturated rings. The topological polar surface area (TPSA) is 81.2 Å². The van der Waals surface area contributed by atoms with Gasteiger partial charge in [-0.15, -0.1) is 0 Å². The molecule has 96 valence electrons. The van der Waals surface area contributed by atoms with Crippen molar-refractivity contribution in [3.05, 3.63) is 17.8 Å². The number of carbonyl (C=O) groups is 1. The summed E-state index contributed by atoms with van der Waals surface area (Å²) in [4.78, 5) is 15.8. The van der Waals surface area contributed by atoms with Crippen molar-refractivity contribution in [2.45, 2.75) is 46.2 Å². The number of nitrogens with two attached hydrogens (primary N) is 1. The lowest BCUT2D eigenvalue weighted by Crippen LogP contribution is -2.42. The monoisotopic (exact) mass is 239 g/mol. The SMILES string of the molecule is Cc1cnc(C(C)NC(=O)[C@H](N)CC(C)C)o1. The molecule has 0 saturated carbocycles. The van der Waals surface area contributed by atoms with Gasteiger partial charge in [0.2, 0.25) is 11.8 Å². The molecule has 1 aromatic rings. The Kier molecular flexibility index (Phi) is 4.69. The van der Waals surface area contributed by atoms with Crippen LogP contribution in [0.3, 0.4) is 0 Å². The molecule has 0 aromatic carbocycles. The van der Waals surface area contributed by atoms with Crippen molar-refractivity contribution in [3.8, 4) is 0 Å². The summed E-state index contributed by atoms with van der Waals surface area (Å²) in [6.45, 7) is 7.71. The fourth-order valence-electron chi connectivity index (χ4n) is 1.57. The lowest BCUT2D eigenvalue weighted by atomic mass is 10.0. The van der Waals surface area contributed by atoms with E-state index in [0.717, 1.165) is 5.76 Å². The highest BCUT2D eigenvalue weighted by Crippen LogP contribution is 2.12. The van der Waals surface area contributed by atoms with Gasteiger partial charge in [-0.1, -0.05) is 13.8 Å². The molecule has 0 bridgehead atoms. The fraction of sp³-hybridized carbons (Fsp3) is 0.667. The van der Waals surface area contributed by atoms with Gasteiger partial charge in [-0.3, -0.25) is 4.79 Å². The number of aryl methyl sites for hydroxylation is 1. The minimum absolute atomic E-state index is 0.165. The summed E-state index contributed by atoms with van der Waals surface area (Å²) in [5.41, 5.74) is 5.79. The average Bonchev–Trinajstić information content (AvgIpc) is 2.63. The molecule has 0 saturated heterocycles. The van der Waals surface area contributed by atoms with Crippen LogP contribution in [-0.2, 0) is 4.79 Å². The van der Waals surface area contributed by atoms with Gasteiger partial charge in [0.15, 0.2) is 0 Å². The molecule has 5 heteroatoms. The van der Waals surface area contributed by atoms with E-state index in [4.69, 9.17) is 10.2 Å². The van der Waals surface area contributed by atoms with Gasteiger partial charge in [-0.05, 0) is 26.2 Å². The third-order valence-corrected chi connectivity index (χ3v) is 2.43. The standard InChI is InChI=1S/C12H21N3O2/c1-7(2)5-10(13)11(16)15-9(4)12-14-6-8(3)17-12/h6-7,9-10H,5,13H2,1-4H3,(H,15,16)/t9?,10-/m1/s1. The second-order valence-electron chi connectivity index (χ2n) is 4.78. The van der Waals surface area contributed by atoms with Crippen molar-refractivity contribution in [2.75, 3.05) is 0 Å². The van der Waals surface area contributed by atoms with Gasteiger partial charge in [0.05, 0.1) is 12.2 Å². The first-order valence-electron chi connectivity index (χ1n) is 5.88. The maximum absolute atomic E-state index is 11.8. The average molecular weight is 239 g/mol. The zero-order valence-corrected chi connectivity index (χ0v) is 10.9. The molecule has 3 N–H and O–H groups in total. The highest BCUT2D eigenvalue weighted by atomic mass is 16.4. The number of oxazole rings is 1. The molecule has 0 radical (unpaired) electrons. The van der Waals surface area contributed by atoms with Crippen molar-refractivity contribution in [3.63, 3.8) is 0 Å². The van der Waals surface area contributed by atoms with E-state index in [1.165, 1.54) is 0 Å². The number of rotatable bonds is 5. The third-order valence-electron chi connectivity index (χ3n) is 2.43. The quantitative estimate of drug-likeness (QED) is 0.816. The molecule has 0 aliphatic carbocycles. The van der Waals surface area contributed by atoms with Crippen LogP contribution in [0.15, 0.2) is 10.6 Å². The molecular weight excluding hydrogens is 218 g/mol. The van der Waals surface area contributed by atoms with E-state index in [9.17, 15) is 4.79 Å². The second-order valence-corrected chi connectivity index (χ2v) is 4.78. The smallest absolute Gasteiger partial charge is 0.237 e. The molecule has 0 aliphatic heterocycles. The van der Waals surface area contributed by atoms with Gasteiger partial charge < -0.3 is 15.5 Å². The van der Waals surface area contributed by atoms with E-state index >= 15 is 0 Å². The minimum atomic E-state index is -0.478. The Bertz CT molecular complexity index is 374. The summed E-state index contributed by atoms with van der Waals surface area (Å²) in [5, 5.41) is 2.79. The zero-order valence-electron chi connectivity index (χ0n) is 10.9. The molecule has 1 heterocycles. The Morgan fingerprint density at radius 1 is 1.53 bits per heavy atom. The molecule has 17 heavy (non-hydrogen) atoms. The van der Waals surface area contributed by atoms with Gasteiger partial charge in [-0.2, -0.15) is 0 Å². The lowest BCUT2D eigenvalue weighted by molar-refractivity contribution is -0.123. The largest absolute Gasteiger partial charge is 0.444 e. The summed E-state index contributed by atoms with van der Waals surface area (Å²) < 4.78 is 5.34. The maximum Gasteiger partial charge on any atom is 0.237 e. The Balaban J connectivity index is 2.51. The molecule has 1 aromatic heterocycles. The first-order chi connectivity index (χ1) is 7.90. The normalized spacial score (nSPS) is 14.7. The Morgan fingerprint density at radius 2 is 2.18 bits per heavy atom. The highest BCUT2D eigenvalue weighted by Gasteiger charge is 2.19. The van der Waals surface area contributed by atoms with Crippen molar-refractivity contribution in [2.24, 2.45) is 11.7 Å². The lowest BCUT2D eigenvalue weighted by Gasteiger charge is -2.16. The van der Waals surface area contributed by atoms with Crippen LogP contribution >= 0.6 is 0 Å². The van der Waals surface area contributed by atoms with Crippen LogP contribution in [0.2, 0.25) is 0 Å². The fourth-order valence-corrected chi connectivity index (χ4v) is 1.57. The number of hydrogen-bond donors (Lipinski definition) is 2. The van der Waals surface area contributed by atoms with Crippen molar-refractivity contribution in [1.29, 1.82) is 0 Å². The van der Waals surface area contributed by atoms with Gasteiger partial charge in [-0.25, -0.2) is 4.98 Å². The van der Waals surface area contributed by atoms with E-state index in [0.29, 0.717) is 18.2 Å². The van der Waals surface area contributed by atoms with E-state index in [-0.39, 0.29) is 11.9 Å². The van der Waals surface area contributed by atoms with Crippen LogP contribution in [0, 0.1) is 12.8 Å². The number of amides is 1. The first-order valence-corrected chi connectivity index (χ1v) is 5.88. The number of hydrogen-bond acceptors (Lipinski definition) is 4. The Labute approximate surface area is 102 Å². The summed E-state index contributed by atoms with van der Waals surface area (Å²) in [6.07, 6.45) is 2.30. The van der Waals surface area contributed by atoms with E-state index in [1.807, 2.05) is 27.7 Å². The van der Waals surface area contributed by atoms with Gasteiger partial charge >= 0.3 is 0 Å². The van der Waals surface area contributed by atoms with E-state index in [1.54, 1.807) is 6.20 Å². The van der Waals surface area contributed by atoms with E-state index < -0.39 is 6.04 Å². The Hall–Kier alpha value is -1.36. The molecule has 1 unspecified atom stereocenters. The third kappa shape index (κ3) is 4.19. The molecular formula is C12H21N3O2. The Morgan fingerprint density at radius 3 is 2.65 bits per heavy atom. The number of nitrogens with zero attached hydrogens (tertiary/aromatic N) is 1. The zero-order chi connectivity index (χ0) is 13.0. The second kappa shape index (κ2) is 5.82. The molecule has 1 amide bonds. The van der Waals surface area contributed by atoms with Gasteiger partial charge in [0, 0.05) is 0 Å². The number of aromatic nitrogens is 1. The highest BCUT2D eigenvalue weighted by molar-refractivity contribution is 5.81.